The number of rotatable bonds is 6. The van der Waals surface area contributed by atoms with Crippen LogP contribution in [-0.2, 0) is 0 Å². The second-order valence-corrected chi connectivity index (χ2v) is 5.89. The first-order chi connectivity index (χ1) is 10.2. The fraction of sp³-hybridized carbons (Fsp3) is 0.438. The van der Waals surface area contributed by atoms with Crippen molar-refractivity contribution in [3.63, 3.8) is 0 Å². The zero-order valence-electron chi connectivity index (χ0n) is 12.1. The molecule has 5 heteroatoms. The summed E-state index contributed by atoms with van der Waals surface area (Å²) in [5.74, 6) is 0. The Morgan fingerprint density at radius 2 is 2.19 bits per heavy atom. The van der Waals surface area contributed by atoms with Gasteiger partial charge in [-0.05, 0) is 48.9 Å². The number of nitro benzene ring substituents is 1. The highest BCUT2D eigenvalue weighted by Crippen LogP contribution is 2.49. The molecule has 1 saturated carbocycles. The largest absolute Gasteiger partial charge is 0.379 e. The number of hydrogen-bond donors (Lipinski definition) is 1. The first-order valence-corrected chi connectivity index (χ1v) is 7.41. The van der Waals surface area contributed by atoms with Crippen LogP contribution in [0.5, 0.6) is 0 Å². The third-order valence-electron chi connectivity index (χ3n) is 4.33. The molecule has 1 aromatic carbocycles. The maximum absolute atomic E-state index is 11.4. The summed E-state index contributed by atoms with van der Waals surface area (Å²) in [7, 11) is 0. The highest BCUT2D eigenvalue weighted by atomic mass is 16.6. The summed E-state index contributed by atoms with van der Waals surface area (Å²) < 4.78 is 0. The van der Waals surface area contributed by atoms with Gasteiger partial charge in [-0.25, -0.2) is 0 Å². The van der Waals surface area contributed by atoms with E-state index in [4.69, 9.17) is 0 Å². The second kappa shape index (κ2) is 5.31. The lowest BCUT2D eigenvalue weighted by Crippen LogP contribution is -2.16. The zero-order chi connectivity index (χ0) is 14.9. The number of anilines is 1. The monoisotopic (exact) mass is 285 g/mol. The van der Waals surface area contributed by atoms with E-state index in [1.807, 2.05) is 6.07 Å². The van der Waals surface area contributed by atoms with Crippen molar-refractivity contribution in [2.75, 3.05) is 11.9 Å². The molecule has 110 valence electrons. The van der Waals surface area contributed by atoms with Crippen molar-refractivity contribution in [1.29, 1.82) is 0 Å². The van der Waals surface area contributed by atoms with E-state index < -0.39 is 0 Å². The zero-order valence-corrected chi connectivity index (χ0v) is 12.1. The Morgan fingerprint density at radius 3 is 2.86 bits per heavy atom. The molecule has 5 nitrogen and oxygen atoms in total. The first kappa shape index (κ1) is 13.8. The van der Waals surface area contributed by atoms with E-state index in [0.29, 0.717) is 22.0 Å². The van der Waals surface area contributed by atoms with Crippen LogP contribution >= 0.6 is 0 Å². The number of pyridine rings is 1. The van der Waals surface area contributed by atoms with Gasteiger partial charge in [0.1, 0.15) is 5.69 Å². The summed E-state index contributed by atoms with van der Waals surface area (Å²) in [5.41, 5.74) is 1.74. The average molecular weight is 285 g/mol. The molecule has 0 aliphatic heterocycles. The summed E-state index contributed by atoms with van der Waals surface area (Å²) in [4.78, 5) is 15.3. The molecule has 1 N–H and O–H groups in total. The first-order valence-electron chi connectivity index (χ1n) is 7.41. The summed E-state index contributed by atoms with van der Waals surface area (Å²) in [6, 6.07) is 7.10. The molecule has 0 atom stereocenters. The fourth-order valence-electron chi connectivity index (χ4n) is 2.98. The lowest BCUT2D eigenvalue weighted by Gasteiger charge is -2.16. The number of aromatic nitrogens is 1. The lowest BCUT2D eigenvalue weighted by molar-refractivity contribution is -0.382. The summed E-state index contributed by atoms with van der Waals surface area (Å²) in [6.45, 7) is 3.00. The van der Waals surface area contributed by atoms with E-state index in [1.165, 1.54) is 19.3 Å². The van der Waals surface area contributed by atoms with Crippen molar-refractivity contribution in [2.45, 2.75) is 32.6 Å². The van der Waals surface area contributed by atoms with Gasteiger partial charge >= 0.3 is 5.69 Å². The van der Waals surface area contributed by atoms with Crippen LogP contribution in [0, 0.1) is 15.5 Å². The normalized spacial score (nSPS) is 15.9. The topological polar surface area (TPSA) is 68.1 Å². The number of nitrogens with zero attached hydrogens (tertiary/aromatic N) is 2. The minimum atomic E-state index is -0.314. The van der Waals surface area contributed by atoms with Crippen LogP contribution in [0.2, 0.25) is 0 Å². The molecule has 0 saturated heterocycles. The summed E-state index contributed by atoms with van der Waals surface area (Å²) >= 11 is 0. The van der Waals surface area contributed by atoms with Gasteiger partial charge in [0, 0.05) is 12.7 Å². The molecule has 21 heavy (non-hydrogen) atoms. The van der Waals surface area contributed by atoms with Crippen molar-refractivity contribution in [3.8, 4) is 0 Å². The smallest absolute Gasteiger partial charge is 0.301 e. The van der Waals surface area contributed by atoms with Gasteiger partial charge in [0.25, 0.3) is 0 Å². The number of nitro groups is 1. The average Bonchev–Trinajstić information content (AvgIpc) is 3.24. The van der Waals surface area contributed by atoms with Crippen molar-refractivity contribution >= 4 is 22.3 Å². The van der Waals surface area contributed by atoms with Crippen molar-refractivity contribution in [1.82, 2.24) is 4.98 Å². The third-order valence-corrected chi connectivity index (χ3v) is 4.33. The van der Waals surface area contributed by atoms with Crippen LogP contribution in [0.3, 0.4) is 0 Å². The van der Waals surface area contributed by atoms with Gasteiger partial charge in [0.05, 0.1) is 15.8 Å². The van der Waals surface area contributed by atoms with Crippen molar-refractivity contribution in [2.24, 2.45) is 5.41 Å². The quantitative estimate of drug-likeness (QED) is 0.640. The molecule has 1 aromatic heterocycles. The molecule has 1 aliphatic rings. The minimum Gasteiger partial charge on any atom is -0.379 e. The van der Waals surface area contributed by atoms with Gasteiger partial charge in [0.2, 0.25) is 0 Å². The molecular formula is C16H19N3O2. The Labute approximate surface area is 123 Å². The Morgan fingerprint density at radius 1 is 1.38 bits per heavy atom. The molecule has 1 heterocycles. The van der Waals surface area contributed by atoms with Gasteiger partial charge < -0.3 is 5.32 Å². The van der Waals surface area contributed by atoms with Crippen molar-refractivity contribution in [3.05, 3.63) is 40.6 Å². The molecule has 0 radical (unpaired) electrons. The van der Waals surface area contributed by atoms with E-state index in [1.54, 1.807) is 24.4 Å². The maximum Gasteiger partial charge on any atom is 0.301 e. The van der Waals surface area contributed by atoms with E-state index in [9.17, 15) is 10.1 Å². The van der Waals surface area contributed by atoms with Gasteiger partial charge in [-0.1, -0.05) is 13.3 Å². The predicted molar refractivity (Wildman–Crippen MR) is 83.5 cm³/mol. The molecule has 1 fully saturated rings. The Kier molecular flexibility index (Phi) is 3.49. The summed E-state index contributed by atoms with van der Waals surface area (Å²) in [5, 5.41) is 15.3. The van der Waals surface area contributed by atoms with Crippen LogP contribution in [0.25, 0.3) is 10.9 Å². The van der Waals surface area contributed by atoms with E-state index >= 15 is 0 Å². The number of hydrogen-bond acceptors (Lipinski definition) is 4. The van der Waals surface area contributed by atoms with Crippen LogP contribution in [0.15, 0.2) is 30.5 Å². The second-order valence-electron chi connectivity index (χ2n) is 5.89. The molecular weight excluding hydrogens is 266 g/mol. The van der Waals surface area contributed by atoms with Gasteiger partial charge in [-0.15, -0.1) is 0 Å². The fourth-order valence-corrected chi connectivity index (χ4v) is 2.98. The van der Waals surface area contributed by atoms with E-state index in [-0.39, 0.29) is 10.6 Å². The Bertz CT molecular complexity index is 680. The standard InChI is InChI=1S/C16H19N3O2/c1-2-7-16(8-9-16)11-18-14-6-5-13-12(4-3-10-17-13)15(14)19(20)21/h3-6,10,18H,2,7-9,11H2,1H3. The molecule has 3 rings (SSSR count). The minimum absolute atomic E-state index is 0.132. The van der Waals surface area contributed by atoms with Crippen LogP contribution in [0.4, 0.5) is 11.4 Å². The van der Waals surface area contributed by atoms with Crippen LogP contribution in [-0.4, -0.2) is 16.5 Å². The molecule has 0 unspecified atom stereocenters. The van der Waals surface area contributed by atoms with Gasteiger partial charge in [-0.3, -0.25) is 15.1 Å². The van der Waals surface area contributed by atoms with Crippen molar-refractivity contribution < 1.29 is 4.92 Å². The molecule has 0 amide bonds. The highest BCUT2D eigenvalue weighted by molar-refractivity contribution is 5.94. The maximum atomic E-state index is 11.4. The number of nitrogens with one attached hydrogen (secondary N) is 1. The lowest BCUT2D eigenvalue weighted by atomic mass is 10.0. The third kappa shape index (κ3) is 2.68. The van der Waals surface area contributed by atoms with E-state index in [2.05, 4.69) is 17.2 Å². The number of fused-ring (bicyclic) bond motifs is 1. The van der Waals surface area contributed by atoms with Gasteiger partial charge in [0.15, 0.2) is 0 Å². The number of benzene rings is 1. The molecule has 2 aromatic rings. The Balaban J connectivity index is 1.91. The van der Waals surface area contributed by atoms with Crippen LogP contribution in [0.1, 0.15) is 32.6 Å². The van der Waals surface area contributed by atoms with E-state index in [0.717, 1.165) is 13.0 Å². The summed E-state index contributed by atoms with van der Waals surface area (Å²) in [6.07, 6.45) is 6.43. The SMILES string of the molecule is CCCC1(CNc2ccc3ncccc3c2[N+](=O)[O-])CC1. The predicted octanol–water partition coefficient (Wildman–Crippen LogP) is 4.14. The molecule has 1 aliphatic carbocycles. The highest BCUT2D eigenvalue weighted by Gasteiger charge is 2.41. The van der Waals surface area contributed by atoms with Crippen LogP contribution < -0.4 is 5.32 Å². The molecule has 0 bridgehead atoms. The Hall–Kier alpha value is -2.17. The van der Waals surface area contributed by atoms with Gasteiger partial charge in [-0.2, -0.15) is 0 Å². The molecule has 0 spiro atoms.